The maximum Gasteiger partial charge on any atom is -0.00665 e. The molecule has 0 amide bonds. The molecule has 0 aromatic carbocycles. The van der Waals surface area contributed by atoms with Gasteiger partial charge in [0.15, 0.2) is 0 Å². The molecule has 6 aliphatic rings. The van der Waals surface area contributed by atoms with Crippen LogP contribution in [0.1, 0.15) is 69.2 Å². The van der Waals surface area contributed by atoms with Gasteiger partial charge in [0.05, 0.1) is 0 Å². The lowest BCUT2D eigenvalue weighted by Gasteiger charge is -3.23. The molecular weight excluding hydrogens is 264 g/mol. The van der Waals surface area contributed by atoms with Gasteiger partial charge in [0.25, 0.3) is 0 Å². The largest absolute Gasteiger partial charge is 0.0616 e. The van der Waals surface area contributed by atoms with Gasteiger partial charge in [-0.15, -0.1) is 0 Å². The molecule has 0 heteroatoms. The Morgan fingerprint density at radius 2 is 0.773 bits per heavy atom. The van der Waals surface area contributed by atoms with Crippen LogP contribution in [0, 0.1) is 67.0 Å². The fourth-order valence-corrected chi connectivity index (χ4v) is 13.6. The first-order valence-electron chi connectivity index (χ1n) is 9.81. The van der Waals surface area contributed by atoms with Gasteiger partial charge >= 0.3 is 0 Å². The summed E-state index contributed by atoms with van der Waals surface area (Å²) in [6.07, 6.45) is 0. The average molecular weight is 299 g/mol. The van der Waals surface area contributed by atoms with E-state index in [9.17, 15) is 0 Å². The van der Waals surface area contributed by atoms with Crippen LogP contribution < -0.4 is 0 Å². The van der Waals surface area contributed by atoms with E-state index < -0.39 is 0 Å². The van der Waals surface area contributed by atoms with Gasteiger partial charge < -0.3 is 0 Å². The van der Waals surface area contributed by atoms with Crippen molar-refractivity contribution in [2.24, 2.45) is 67.0 Å². The Kier molecular flexibility index (Phi) is 1.41. The third kappa shape index (κ3) is 0.455. The Labute approximate surface area is 136 Å². The number of hydrogen-bond acceptors (Lipinski definition) is 0. The first kappa shape index (κ1) is 13.3. The number of rotatable bonds is 0. The molecule has 0 aromatic rings. The molecule has 6 rings (SSSR count). The van der Waals surface area contributed by atoms with E-state index in [1.165, 1.54) is 0 Å². The average Bonchev–Trinajstić information content (AvgIpc) is 2.43. The summed E-state index contributed by atoms with van der Waals surface area (Å²) < 4.78 is 0. The second kappa shape index (κ2) is 2.33. The third-order valence-corrected chi connectivity index (χ3v) is 14.2. The van der Waals surface area contributed by atoms with Crippen LogP contribution in [0.5, 0.6) is 0 Å². The van der Waals surface area contributed by atoms with Crippen LogP contribution in [0.15, 0.2) is 0 Å². The summed E-state index contributed by atoms with van der Waals surface area (Å²) in [4.78, 5) is 0. The van der Waals surface area contributed by atoms with Crippen molar-refractivity contribution in [2.75, 3.05) is 0 Å². The maximum atomic E-state index is 2.72. The predicted molar refractivity (Wildman–Crippen MR) is 90.2 cm³/mol. The zero-order chi connectivity index (χ0) is 16.3. The summed E-state index contributed by atoms with van der Waals surface area (Å²) in [7, 11) is 0. The lowest BCUT2D eigenvalue weighted by molar-refractivity contribution is -0.777. The van der Waals surface area contributed by atoms with Crippen LogP contribution in [0.2, 0.25) is 0 Å². The Hall–Kier alpha value is 0. The summed E-state index contributed by atoms with van der Waals surface area (Å²) in [5.74, 6) is 4.02. The normalized spacial score (nSPS) is 82.1. The first-order chi connectivity index (χ1) is 9.81. The number of fused-ring (bicyclic) bond motifs is 2. The highest BCUT2D eigenvalue weighted by molar-refractivity contribution is 5.67. The Morgan fingerprint density at radius 1 is 0.500 bits per heavy atom. The van der Waals surface area contributed by atoms with Crippen LogP contribution in [0.4, 0.5) is 0 Å². The van der Waals surface area contributed by atoms with Crippen molar-refractivity contribution < 1.29 is 0 Å². The Balaban J connectivity index is 1.70. The van der Waals surface area contributed by atoms with Crippen molar-refractivity contribution in [1.29, 1.82) is 0 Å². The summed E-state index contributed by atoms with van der Waals surface area (Å²) in [5.41, 5.74) is 4.77. The smallest absolute Gasteiger partial charge is 0.00665 e. The highest BCUT2D eigenvalue weighted by atomic mass is 15.2. The predicted octanol–water partition coefficient (Wildman–Crippen LogP) is 5.62. The van der Waals surface area contributed by atoms with E-state index in [-0.39, 0.29) is 0 Å². The van der Waals surface area contributed by atoms with Gasteiger partial charge in [-0.1, -0.05) is 69.2 Å². The minimum atomic E-state index is 0.498. The van der Waals surface area contributed by atoms with Crippen molar-refractivity contribution >= 4 is 0 Å². The molecule has 6 aliphatic carbocycles. The zero-order valence-electron chi connectivity index (χ0n) is 16.3. The molecule has 22 heavy (non-hydrogen) atoms. The van der Waals surface area contributed by atoms with E-state index in [1.807, 2.05) is 0 Å². The van der Waals surface area contributed by atoms with Gasteiger partial charge in [0.1, 0.15) is 0 Å². The lowest BCUT2D eigenvalue weighted by atomic mass is 8.80. The van der Waals surface area contributed by atoms with Crippen molar-refractivity contribution in [3.63, 3.8) is 0 Å². The van der Waals surface area contributed by atoms with Crippen molar-refractivity contribution in [1.82, 2.24) is 0 Å². The Bertz CT molecular complexity index is 641. The molecule has 2 spiro atoms. The molecule has 10 unspecified atom stereocenters. The standard InChI is InChI=1S/C22H34/c1-11-13-14-12(2)18(8)16(5,6)20(10)19(9)15(3,4)17(11,7)21(13,19)22(14,18)20/h11-14H,1-10H3. The maximum absolute atomic E-state index is 2.72. The van der Waals surface area contributed by atoms with E-state index in [1.54, 1.807) is 0 Å². The summed E-state index contributed by atoms with van der Waals surface area (Å²) in [5, 5.41) is 0. The van der Waals surface area contributed by atoms with E-state index in [0.29, 0.717) is 43.3 Å². The minimum absolute atomic E-state index is 0.498. The van der Waals surface area contributed by atoms with Crippen LogP contribution in [-0.4, -0.2) is 0 Å². The highest BCUT2D eigenvalue weighted by Crippen LogP contribution is 3.24. The first-order valence-corrected chi connectivity index (χ1v) is 9.81. The second-order valence-corrected chi connectivity index (χ2v) is 12.1. The number of hydrogen-bond donors (Lipinski definition) is 0. The van der Waals surface area contributed by atoms with Crippen molar-refractivity contribution in [3.8, 4) is 0 Å². The monoisotopic (exact) mass is 298 g/mol. The Morgan fingerprint density at radius 3 is 1.05 bits per heavy atom. The quantitative estimate of drug-likeness (QED) is 0.544. The van der Waals surface area contributed by atoms with Gasteiger partial charge in [-0.2, -0.15) is 0 Å². The van der Waals surface area contributed by atoms with Crippen LogP contribution >= 0.6 is 0 Å². The molecule has 0 saturated heterocycles. The molecule has 10 atom stereocenters. The topological polar surface area (TPSA) is 0 Å². The van der Waals surface area contributed by atoms with Crippen molar-refractivity contribution in [2.45, 2.75) is 69.2 Å². The van der Waals surface area contributed by atoms with Gasteiger partial charge in [0, 0.05) is 0 Å². The van der Waals surface area contributed by atoms with Gasteiger partial charge in [-0.3, -0.25) is 0 Å². The zero-order valence-corrected chi connectivity index (χ0v) is 16.3. The van der Waals surface area contributed by atoms with Gasteiger partial charge in [-0.05, 0) is 67.0 Å². The van der Waals surface area contributed by atoms with Gasteiger partial charge in [-0.25, -0.2) is 0 Å². The van der Waals surface area contributed by atoms with Crippen LogP contribution in [-0.2, 0) is 0 Å². The summed E-state index contributed by atoms with van der Waals surface area (Å²) in [6.45, 7) is 26.5. The van der Waals surface area contributed by atoms with E-state index >= 15 is 0 Å². The molecule has 0 N–H and O–H groups in total. The second-order valence-electron chi connectivity index (χ2n) is 12.1. The van der Waals surface area contributed by atoms with Gasteiger partial charge in [0.2, 0.25) is 0 Å². The molecule has 0 bridgehead atoms. The lowest BCUT2D eigenvalue weighted by Crippen LogP contribution is -3.21. The van der Waals surface area contributed by atoms with Crippen molar-refractivity contribution in [3.05, 3.63) is 0 Å². The van der Waals surface area contributed by atoms with Crippen LogP contribution in [0.3, 0.4) is 0 Å². The molecular formula is C22H34. The molecule has 0 radical (unpaired) electrons. The molecule has 122 valence electrons. The molecule has 0 nitrogen and oxygen atoms in total. The molecule has 0 aliphatic heterocycles. The SMILES string of the molecule is CC1C2C3C(C)C4(C)C(C)(C)C5(C)C6(C)C(C)(C)C1(C)C26C345. The van der Waals surface area contributed by atoms with E-state index in [0.717, 1.165) is 23.7 Å². The molecule has 0 heterocycles. The molecule has 6 saturated carbocycles. The third-order valence-electron chi connectivity index (χ3n) is 14.2. The fraction of sp³-hybridized carbons (Fsp3) is 1.00. The molecule has 0 aromatic heterocycles. The summed E-state index contributed by atoms with van der Waals surface area (Å²) >= 11 is 0. The summed E-state index contributed by atoms with van der Waals surface area (Å²) in [6, 6.07) is 0. The van der Waals surface area contributed by atoms with E-state index in [4.69, 9.17) is 0 Å². The molecule has 6 fully saturated rings. The van der Waals surface area contributed by atoms with Crippen LogP contribution in [0.25, 0.3) is 0 Å². The van der Waals surface area contributed by atoms with E-state index in [2.05, 4.69) is 69.2 Å². The fourth-order valence-electron chi connectivity index (χ4n) is 13.6. The minimum Gasteiger partial charge on any atom is -0.0616 e. The highest BCUT2D eigenvalue weighted by Gasteiger charge is 3.21.